The number of thiocarbonyl (C=S) groups is 1. The van der Waals surface area contributed by atoms with Gasteiger partial charge in [0.2, 0.25) is 0 Å². The Morgan fingerprint density at radius 3 is 2.03 bits per heavy atom. The molecule has 0 bridgehead atoms. The fraction of sp³-hybridized carbons (Fsp3) is 0.0909. The van der Waals surface area contributed by atoms with E-state index >= 15 is 0 Å². The summed E-state index contributed by atoms with van der Waals surface area (Å²) in [6, 6.07) is 23.4. The van der Waals surface area contributed by atoms with Crippen molar-refractivity contribution >= 4 is 40.5 Å². The molecule has 0 saturated carbocycles. The van der Waals surface area contributed by atoms with Crippen LogP contribution in [0.15, 0.2) is 78.9 Å². The minimum atomic E-state index is -0.310. The Bertz CT molecular complexity index is 948. The molecule has 0 saturated heterocycles. The summed E-state index contributed by atoms with van der Waals surface area (Å²) in [4.78, 5) is 12.3. The zero-order valence-electron chi connectivity index (χ0n) is 15.4. The minimum absolute atomic E-state index is 0.204. The number of nitrogens with one attached hydrogen (secondary N) is 2. The first-order chi connectivity index (χ1) is 14.1. The van der Waals surface area contributed by atoms with Gasteiger partial charge in [0.25, 0.3) is 5.91 Å². The molecule has 2 N–H and O–H groups in total. The predicted octanol–water partition coefficient (Wildman–Crippen LogP) is 4.92. The van der Waals surface area contributed by atoms with Crippen LogP contribution in [0.25, 0.3) is 0 Å². The molecule has 0 fully saturated rings. The van der Waals surface area contributed by atoms with E-state index in [1.54, 1.807) is 48.5 Å². The summed E-state index contributed by atoms with van der Waals surface area (Å²) in [6.07, 6.45) is 0. The van der Waals surface area contributed by atoms with E-state index in [-0.39, 0.29) is 11.0 Å². The van der Waals surface area contributed by atoms with Crippen molar-refractivity contribution in [3.63, 3.8) is 0 Å². The van der Waals surface area contributed by atoms with Crippen molar-refractivity contribution in [1.82, 2.24) is 5.32 Å². The van der Waals surface area contributed by atoms with Crippen LogP contribution in [0.4, 0.5) is 5.69 Å². The van der Waals surface area contributed by atoms with Crippen molar-refractivity contribution in [2.24, 2.45) is 0 Å². The summed E-state index contributed by atoms with van der Waals surface area (Å²) in [5.41, 5.74) is 1.21. The lowest BCUT2D eigenvalue weighted by atomic mass is 10.2. The van der Waals surface area contributed by atoms with Gasteiger partial charge < -0.3 is 14.8 Å². The van der Waals surface area contributed by atoms with Crippen LogP contribution < -0.4 is 20.1 Å². The van der Waals surface area contributed by atoms with Crippen molar-refractivity contribution in [3.8, 4) is 11.5 Å². The number of anilines is 1. The number of benzene rings is 3. The Hall–Kier alpha value is -3.09. The average Bonchev–Trinajstić information content (AvgIpc) is 2.74. The fourth-order valence-corrected chi connectivity index (χ4v) is 2.75. The molecule has 3 aromatic carbocycles. The molecule has 3 rings (SSSR count). The molecule has 0 atom stereocenters. The molecule has 0 radical (unpaired) electrons. The maximum absolute atomic E-state index is 12.3. The van der Waals surface area contributed by atoms with Gasteiger partial charge in [-0.2, -0.15) is 0 Å². The first kappa shape index (κ1) is 20.6. The highest BCUT2D eigenvalue weighted by molar-refractivity contribution is 7.80. The lowest BCUT2D eigenvalue weighted by Gasteiger charge is -2.11. The van der Waals surface area contributed by atoms with E-state index in [1.807, 2.05) is 30.3 Å². The Balaban J connectivity index is 1.43. The number of ether oxygens (including phenoxy) is 2. The zero-order chi connectivity index (χ0) is 20.5. The quantitative estimate of drug-likeness (QED) is 0.414. The second-order valence-electron chi connectivity index (χ2n) is 5.95. The summed E-state index contributed by atoms with van der Waals surface area (Å²) in [5, 5.41) is 6.40. The van der Waals surface area contributed by atoms with Crippen molar-refractivity contribution < 1.29 is 14.3 Å². The van der Waals surface area contributed by atoms with E-state index in [0.29, 0.717) is 29.5 Å². The molecule has 1 amide bonds. The maximum atomic E-state index is 12.3. The fourth-order valence-electron chi connectivity index (χ4n) is 2.41. The van der Waals surface area contributed by atoms with Crippen molar-refractivity contribution in [2.45, 2.75) is 0 Å². The molecule has 0 aliphatic heterocycles. The topological polar surface area (TPSA) is 59.6 Å². The molecule has 7 heteroatoms. The van der Waals surface area contributed by atoms with Gasteiger partial charge in [0.1, 0.15) is 24.7 Å². The molecule has 29 heavy (non-hydrogen) atoms. The SMILES string of the molecule is O=C(NC(=S)Nc1ccc(Cl)cc1)c1ccc(OCCOc2ccccc2)cc1. The smallest absolute Gasteiger partial charge is 0.257 e. The van der Waals surface area contributed by atoms with Crippen molar-refractivity contribution in [2.75, 3.05) is 18.5 Å². The Morgan fingerprint density at radius 2 is 1.41 bits per heavy atom. The summed E-state index contributed by atoms with van der Waals surface area (Å²) >= 11 is 11.0. The summed E-state index contributed by atoms with van der Waals surface area (Å²) in [5.74, 6) is 1.14. The standard InChI is InChI=1S/C22H19ClN2O3S/c23-17-8-10-18(11-9-17)24-22(29)25-21(26)16-6-12-20(13-7-16)28-15-14-27-19-4-2-1-3-5-19/h1-13H,14-15H2,(H2,24,25,26,29). The van der Waals surface area contributed by atoms with Crippen molar-refractivity contribution in [3.05, 3.63) is 89.4 Å². The summed E-state index contributed by atoms with van der Waals surface area (Å²) < 4.78 is 11.2. The van der Waals surface area contributed by atoms with E-state index in [1.165, 1.54) is 0 Å². The molecular weight excluding hydrogens is 408 g/mol. The van der Waals surface area contributed by atoms with Gasteiger partial charge in [0, 0.05) is 16.3 Å². The molecule has 0 heterocycles. The Labute approximate surface area is 179 Å². The van der Waals surface area contributed by atoms with Gasteiger partial charge in [0.05, 0.1) is 0 Å². The zero-order valence-corrected chi connectivity index (χ0v) is 17.0. The molecule has 0 unspecified atom stereocenters. The first-order valence-electron chi connectivity index (χ1n) is 8.89. The number of para-hydroxylation sites is 1. The van der Waals surface area contributed by atoms with Crippen molar-refractivity contribution in [1.29, 1.82) is 0 Å². The van der Waals surface area contributed by atoms with Crippen LogP contribution in [0, 0.1) is 0 Å². The lowest BCUT2D eigenvalue weighted by Crippen LogP contribution is -2.34. The molecule has 148 valence electrons. The Morgan fingerprint density at radius 1 is 0.828 bits per heavy atom. The molecule has 0 aliphatic rings. The van der Waals surface area contributed by atoms with Gasteiger partial charge >= 0.3 is 0 Å². The van der Waals surface area contributed by atoms with Gasteiger partial charge in [-0.1, -0.05) is 29.8 Å². The van der Waals surface area contributed by atoms with Crippen LogP contribution >= 0.6 is 23.8 Å². The second-order valence-corrected chi connectivity index (χ2v) is 6.79. The van der Waals surface area contributed by atoms with Gasteiger partial charge in [0.15, 0.2) is 5.11 Å². The number of rotatable bonds is 7. The number of carbonyl (C=O) groups is 1. The number of halogens is 1. The van der Waals surface area contributed by atoms with E-state index in [4.69, 9.17) is 33.3 Å². The van der Waals surface area contributed by atoms with E-state index < -0.39 is 0 Å². The van der Waals surface area contributed by atoms with Crippen LogP contribution in [-0.2, 0) is 0 Å². The predicted molar refractivity (Wildman–Crippen MR) is 119 cm³/mol. The second kappa shape index (κ2) is 10.5. The van der Waals surface area contributed by atoms with Crippen LogP contribution in [0.2, 0.25) is 5.02 Å². The highest BCUT2D eigenvalue weighted by atomic mass is 35.5. The number of hydrogen-bond donors (Lipinski definition) is 2. The average molecular weight is 427 g/mol. The number of carbonyl (C=O) groups excluding carboxylic acids is 1. The monoisotopic (exact) mass is 426 g/mol. The minimum Gasteiger partial charge on any atom is -0.490 e. The molecule has 0 aromatic heterocycles. The van der Waals surface area contributed by atoms with E-state index in [2.05, 4.69) is 10.6 Å². The molecule has 5 nitrogen and oxygen atoms in total. The third-order valence-electron chi connectivity index (χ3n) is 3.81. The molecular formula is C22H19ClN2O3S. The van der Waals surface area contributed by atoms with Crippen LogP contribution in [-0.4, -0.2) is 24.2 Å². The highest BCUT2D eigenvalue weighted by Crippen LogP contribution is 2.14. The molecule has 3 aromatic rings. The number of amides is 1. The largest absolute Gasteiger partial charge is 0.490 e. The lowest BCUT2D eigenvalue weighted by molar-refractivity contribution is 0.0977. The maximum Gasteiger partial charge on any atom is 0.257 e. The van der Waals surface area contributed by atoms with Crippen LogP contribution in [0.5, 0.6) is 11.5 Å². The third-order valence-corrected chi connectivity index (χ3v) is 4.27. The van der Waals surface area contributed by atoms with E-state index in [0.717, 1.165) is 11.4 Å². The summed E-state index contributed by atoms with van der Waals surface area (Å²) in [6.45, 7) is 0.826. The van der Waals surface area contributed by atoms with Gasteiger partial charge in [-0.25, -0.2) is 0 Å². The highest BCUT2D eigenvalue weighted by Gasteiger charge is 2.08. The Kier molecular flexibility index (Phi) is 7.44. The van der Waals surface area contributed by atoms with Crippen LogP contribution in [0.1, 0.15) is 10.4 Å². The number of hydrogen-bond acceptors (Lipinski definition) is 4. The molecule has 0 spiro atoms. The molecule has 0 aliphatic carbocycles. The first-order valence-corrected chi connectivity index (χ1v) is 9.67. The summed E-state index contributed by atoms with van der Waals surface area (Å²) in [7, 11) is 0. The van der Waals surface area contributed by atoms with Gasteiger partial charge in [-0.05, 0) is 72.9 Å². The normalized spacial score (nSPS) is 10.1. The van der Waals surface area contributed by atoms with E-state index in [9.17, 15) is 4.79 Å². The third kappa shape index (κ3) is 6.78. The van der Waals surface area contributed by atoms with Gasteiger partial charge in [-0.3, -0.25) is 10.1 Å². The van der Waals surface area contributed by atoms with Crippen LogP contribution in [0.3, 0.4) is 0 Å². The van der Waals surface area contributed by atoms with Gasteiger partial charge in [-0.15, -0.1) is 0 Å².